The lowest BCUT2D eigenvalue weighted by molar-refractivity contribution is -0.387. The average Bonchev–Trinajstić information content (AvgIpc) is 2.69. The second-order valence-electron chi connectivity index (χ2n) is 6.19. The van der Waals surface area contributed by atoms with Crippen molar-refractivity contribution in [2.75, 3.05) is 4.72 Å². The summed E-state index contributed by atoms with van der Waals surface area (Å²) in [6.07, 6.45) is 0.433. The highest BCUT2D eigenvalue weighted by Crippen LogP contribution is 2.31. The number of nitro groups is 1. The van der Waals surface area contributed by atoms with E-state index in [1.54, 1.807) is 18.2 Å². The van der Waals surface area contributed by atoms with Crippen molar-refractivity contribution in [3.63, 3.8) is 0 Å². The van der Waals surface area contributed by atoms with Gasteiger partial charge in [0.2, 0.25) is 0 Å². The van der Waals surface area contributed by atoms with Crippen LogP contribution in [0.3, 0.4) is 0 Å². The first-order valence-electron chi connectivity index (χ1n) is 8.64. The molecule has 0 radical (unpaired) electrons. The second kappa shape index (κ2) is 8.87. The third-order valence-corrected chi connectivity index (χ3v) is 5.55. The summed E-state index contributed by atoms with van der Waals surface area (Å²) >= 11 is 0. The molecule has 0 aliphatic heterocycles. The Bertz CT molecular complexity index is 1150. The molecule has 1 N–H and O–H groups in total. The summed E-state index contributed by atoms with van der Waals surface area (Å²) < 4.78 is 57.0. The Morgan fingerprint density at radius 3 is 2.33 bits per heavy atom. The standard InChI is InChI=1S/C20H16F2N2O5S/c21-20(22)29-16-10-11-19(18(13-16)24(25)26)30(27,28)23-17-9-5-4-8-15(17)12-14-6-2-1-3-7-14/h1-11,13,20,23H,12H2. The van der Waals surface area contributed by atoms with Gasteiger partial charge in [0.15, 0.2) is 4.90 Å². The predicted molar refractivity (Wildman–Crippen MR) is 106 cm³/mol. The minimum atomic E-state index is -4.38. The van der Waals surface area contributed by atoms with E-state index < -0.39 is 37.9 Å². The van der Waals surface area contributed by atoms with Crippen molar-refractivity contribution in [1.82, 2.24) is 0 Å². The molecular weight excluding hydrogens is 418 g/mol. The summed E-state index contributed by atoms with van der Waals surface area (Å²) in [5, 5.41) is 11.3. The molecule has 0 heterocycles. The van der Waals surface area contributed by atoms with Gasteiger partial charge in [-0.1, -0.05) is 48.5 Å². The largest absolute Gasteiger partial charge is 0.435 e. The van der Waals surface area contributed by atoms with Crippen molar-refractivity contribution in [2.45, 2.75) is 17.9 Å². The van der Waals surface area contributed by atoms with Gasteiger partial charge in [-0.15, -0.1) is 0 Å². The zero-order valence-electron chi connectivity index (χ0n) is 15.4. The topological polar surface area (TPSA) is 98.5 Å². The summed E-state index contributed by atoms with van der Waals surface area (Å²) in [4.78, 5) is 9.70. The molecule has 0 bridgehead atoms. The molecule has 0 saturated carbocycles. The number of rotatable bonds is 8. The Kier molecular flexibility index (Phi) is 6.26. The molecule has 10 heteroatoms. The minimum absolute atomic E-state index is 0.253. The fourth-order valence-electron chi connectivity index (χ4n) is 2.83. The number of nitro benzene ring substituents is 1. The van der Waals surface area contributed by atoms with E-state index in [4.69, 9.17) is 0 Å². The van der Waals surface area contributed by atoms with Crippen molar-refractivity contribution < 1.29 is 26.9 Å². The summed E-state index contributed by atoms with van der Waals surface area (Å²) in [5.74, 6) is -0.514. The monoisotopic (exact) mass is 434 g/mol. The number of benzene rings is 3. The number of hydrogen-bond donors (Lipinski definition) is 1. The second-order valence-corrected chi connectivity index (χ2v) is 7.84. The number of nitrogens with one attached hydrogen (secondary N) is 1. The van der Waals surface area contributed by atoms with E-state index in [1.165, 1.54) is 6.07 Å². The lowest BCUT2D eigenvalue weighted by atomic mass is 10.0. The van der Waals surface area contributed by atoms with Crippen LogP contribution >= 0.6 is 0 Å². The van der Waals surface area contributed by atoms with E-state index in [9.17, 15) is 27.3 Å². The summed E-state index contributed by atoms with van der Waals surface area (Å²) in [6.45, 7) is -3.20. The maximum absolute atomic E-state index is 12.9. The molecule has 0 aliphatic rings. The van der Waals surface area contributed by atoms with Gasteiger partial charge in [0, 0.05) is 0 Å². The van der Waals surface area contributed by atoms with Gasteiger partial charge in [0.25, 0.3) is 15.7 Å². The van der Waals surface area contributed by atoms with Gasteiger partial charge in [-0.25, -0.2) is 8.42 Å². The highest BCUT2D eigenvalue weighted by atomic mass is 32.2. The Hall–Kier alpha value is -3.53. The van der Waals surface area contributed by atoms with E-state index in [-0.39, 0.29) is 5.69 Å². The van der Waals surface area contributed by atoms with Crippen molar-refractivity contribution in [2.24, 2.45) is 0 Å². The normalized spacial score (nSPS) is 11.3. The molecule has 3 aromatic rings. The maximum Gasteiger partial charge on any atom is 0.387 e. The number of nitrogens with zero attached hydrogens (tertiary/aromatic N) is 1. The molecule has 0 aromatic heterocycles. The highest BCUT2D eigenvalue weighted by Gasteiger charge is 2.27. The van der Waals surface area contributed by atoms with Crippen LogP contribution < -0.4 is 9.46 Å². The summed E-state index contributed by atoms with van der Waals surface area (Å²) in [5.41, 5.74) is 0.987. The molecule has 7 nitrogen and oxygen atoms in total. The molecule has 0 spiro atoms. The van der Waals surface area contributed by atoms with Crippen LogP contribution in [0, 0.1) is 10.1 Å². The third-order valence-electron chi connectivity index (χ3n) is 4.14. The molecular formula is C20H16F2N2O5S. The summed E-state index contributed by atoms with van der Waals surface area (Å²) in [6, 6.07) is 18.4. The lowest BCUT2D eigenvalue weighted by Gasteiger charge is -2.13. The van der Waals surface area contributed by atoms with Crippen molar-refractivity contribution in [1.29, 1.82) is 0 Å². The Balaban J connectivity index is 1.95. The van der Waals surface area contributed by atoms with Gasteiger partial charge in [0.05, 0.1) is 16.7 Å². The molecule has 3 rings (SSSR count). The van der Waals surface area contributed by atoms with E-state index >= 15 is 0 Å². The summed E-state index contributed by atoms with van der Waals surface area (Å²) in [7, 11) is -4.38. The Morgan fingerprint density at radius 1 is 1.00 bits per heavy atom. The van der Waals surface area contributed by atoms with Gasteiger partial charge in [0.1, 0.15) is 5.75 Å². The smallest absolute Gasteiger partial charge is 0.387 e. The molecule has 0 unspecified atom stereocenters. The zero-order valence-corrected chi connectivity index (χ0v) is 16.2. The van der Waals surface area contributed by atoms with Crippen LogP contribution in [0.1, 0.15) is 11.1 Å². The van der Waals surface area contributed by atoms with E-state index in [1.807, 2.05) is 30.3 Å². The number of anilines is 1. The van der Waals surface area contributed by atoms with Crippen LogP contribution in [0.2, 0.25) is 0 Å². The van der Waals surface area contributed by atoms with Crippen LogP contribution in [0.15, 0.2) is 77.7 Å². The number of hydrogen-bond acceptors (Lipinski definition) is 5. The van der Waals surface area contributed by atoms with Crippen molar-refractivity contribution in [3.05, 3.63) is 94.0 Å². The molecule has 0 fully saturated rings. The Morgan fingerprint density at radius 2 is 1.67 bits per heavy atom. The number of para-hydroxylation sites is 1. The molecule has 3 aromatic carbocycles. The first kappa shape index (κ1) is 21.2. The van der Waals surface area contributed by atoms with Crippen LogP contribution in [0.25, 0.3) is 0 Å². The fourth-order valence-corrected chi connectivity index (χ4v) is 4.09. The van der Waals surface area contributed by atoms with Crippen LogP contribution in [0.5, 0.6) is 5.75 Å². The highest BCUT2D eigenvalue weighted by molar-refractivity contribution is 7.92. The van der Waals surface area contributed by atoms with Crippen molar-refractivity contribution >= 4 is 21.4 Å². The van der Waals surface area contributed by atoms with Crippen molar-refractivity contribution in [3.8, 4) is 5.75 Å². The lowest BCUT2D eigenvalue weighted by Crippen LogP contribution is -2.16. The zero-order chi connectivity index (χ0) is 21.7. The van der Waals surface area contributed by atoms with E-state index in [0.29, 0.717) is 18.1 Å². The molecule has 0 amide bonds. The average molecular weight is 434 g/mol. The molecule has 30 heavy (non-hydrogen) atoms. The van der Waals surface area contributed by atoms with Gasteiger partial charge in [-0.3, -0.25) is 14.8 Å². The predicted octanol–water partition coefficient (Wildman–Crippen LogP) is 4.59. The van der Waals surface area contributed by atoms with Crippen LogP contribution in [0.4, 0.5) is 20.2 Å². The SMILES string of the molecule is O=[N+]([O-])c1cc(OC(F)F)ccc1S(=O)(=O)Nc1ccccc1Cc1ccccc1. The molecule has 0 saturated heterocycles. The number of alkyl halides is 2. The fraction of sp³-hybridized carbons (Fsp3) is 0.100. The number of sulfonamides is 1. The Labute approximate surface area is 171 Å². The van der Waals surface area contributed by atoms with E-state index in [2.05, 4.69) is 9.46 Å². The van der Waals surface area contributed by atoms with Gasteiger partial charge < -0.3 is 4.74 Å². The van der Waals surface area contributed by atoms with Gasteiger partial charge >= 0.3 is 6.61 Å². The maximum atomic E-state index is 12.9. The first-order valence-corrected chi connectivity index (χ1v) is 10.1. The van der Waals surface area contributed by atoms with Crippen LogP contribution in [-0.4, -0.2) is 20.0 Å². The van der Waals surface area contributed by atoms with Gasteiger partial charge in [-0.2, -0.15) is 8.78 Å². The number of halogens is 2. The first-order chi connectivity index (χ1) is 14.3. The molecule has 0 aliphatic carbocycles. The minimum Gasteiger partial charge on any atom is -0.435 e. The molecule has 0 atom stereocenters. The van der Waals surface area contributed by atoms with Crippen LogP contribution in [-0.2, 0) is 16.4 Å². The number of ether oxygens (including phenoxy) is 1. The van der Waals surface area contributed by atoms with Gasteiger partial charge in [-0.05, 0) is 35.7 Å². The quantitative estimate of drug-likeness (QED) is 0.413. The third kappa shape index (κ3) is 5.09. The molecule has 156 valence electrons. The van der Waals surface area contributed by atoms with E-state index in [0.717, 1.165) is 17.7 Å².